The highest BCUT2D eigenvalue weighted by Crippen LogP contribution is 2.43. The number of alkyl halides is 1. The second-order valence-electron chi connectivity index (χ2n) is 3.26. The lowest BCUT2D eigenvalue weighted by Gasteiger charge is -2.46. The van der Waals surface area contributed by atoms with Crippen LogP contribution in [0.2, 0.25) is 0 Å². The van der Waals surface area contributed by atoms with Gasteiger partial charge in [0.25, 0.3) is 0 Å². The molecule has 0 aromatic rings. The Morgan fingerprint density at radius 1 is 1.33 bits per heavy atom. The van der Waals surface area contributed by atoms with Crippen molar-refractivity contribution in [2.45, 2.75) is 37.6 Å². The molecule has 1 nitrogen and oxygen atoms in total. The molecule has 0 bridgehead atoms. The predicted molar refractivity (Wildman–Crippen MR) is 44.5 cm³/mol. The van der Waals surface area contributed by atoms with Gasteiger partial charge in [-0.3, -0.25) is 4.99 Å². The molecule has 0 saturated carbocycles. The largest absolute Gasteiger partial charge is 0.285 e. The molecule has 0 radical (unpaired) electrons. The van der Waals surface area contributed by atoms with Crippen LogP contribution < -0.4 is 0 Å². The predicted octanol–water partition coefficient (Wildman–Crippen LogP) is 2.39. The van der Waals surface area contributed by atoms with Gasteiger partial charge in [-0.2, -0.15) is 0 Å². The van der Waals surface area contributed by atoms with Gasteiger partial charge in [0.2, 0.25) is 0 Å². The molecule has 1 aliphatic heterocycles. The van der Waals surface area contributed by atoms with Gasteiger partial charge >= 0.3 is 0 Å². The molecule has 2 heteroatoms. The van der Waals surface area contributed by atoms with E-state index in [-0.39, 0.29) is 9.86 Å². The van der Waals surface area contributed by atoms with Gasteiger partial charge in [-0.05, 0) is 27.7 Å². The second kappa shape index (κ2) is 1.60. The number of hydrogen-bond donors (Lipinski definition) is 0. The van der Waals surface area contributed by atoms with Gasteiger partial charge in [-0.1, -0.05) is 15.9 Å². The van der Waals surface area contributed by atoms with E-state index in [0.717, 1.165) is 0 Å². The van der Waals surface area contributed by atoms with Crippen molar-refractivity contribution in [3.8, 4) is 0 Å². The van der Waals surface area contributed by atoms with E-state index < -0.39 is 0 Å². The number of hydrogen-bond acceptors (Lipinski definition) is 1. The van der Waals surface area contributed by atoms with Crippen LogP contribution in [0.25, 0.3) is 0 Å². The Balaban J connectivity index is 2.94. The quantitative estimate of drug-likeness (QED) is 0.520. The van der Waals surface area contributed by atoms with Gasteiger partial charge in [0, 0.05) is 5.71 Å². The Bertz CT molecular complexity index is 168. The van der Waals surface area contributed by atoms with Crippen molar-refractivity contribution in [2.24, 2.45) is 4.99 Å². The fraction of sp³-hybridized carbons (Fsp3) is 0.857. The highest BCUT2D eigenvalue weighted by Gasteiger charge is 2.48. The molecule has 1 atom stereocenters. The fourth-order valence-corrected chi connectivity index (χ4v) is 1.20. The van der Waals surface area contributed by atoms with E-state index >= 15 is 0 Å². The third-order valence-electron chi connectivity index (χ3n) is 2.28. The Labute approximate surface area is 64.7 Å². The number of nitrogens with zero attached hydrogens (tertiary/aromatic N) is 1. The van der Waals surface area contributed by atoms with Crippen LogP contribution in [0.1, 0.15) is 27.7 Å². The summed E-state index contributed by atoms with van der Waals surface area (Å²) in [7, 11) is 0. The molecule has 1 rings (SSSR count). The van der Waals surface area contributed by atoms with Crippen molar-refractivity contribution >= 4 is 21.6 Å². The van der Waals surface area contributed by atoms with Crippen molar-refractivity contribution in [1.29, 1.82) is 0 Å². The van der Waals surface area contributed by atoms with E-state index in [1.54, 1.807) is 0 Å². The summed E-state index contributed by atoms with van der Waals surface area (Å²) < 4.78 is 0.139. The lowest BCUT2D eigenvalue weighted by atomic mass is 9.80. The summed E-state index contributed by atoms with van der Waals surface area (Å²) >= 11 is 3.62. The maximum Gasteiger partial charge on any atom is 0.0848 e. The minimum Gasteiger partial charge on any atom is -0.285 e. The van der Waals surface area contributed by atoms with Gasteiger partial charge < -0.3 is 0 Å². The normalized spacial score (nSPS) is 39.4. The van der Waals surface area contributed by atoms with Crippen LogP contribution in [0, 0.1) is 0 Å². The topological polar surface area (TPSA) is 12.4 Å². The molecule has 1 heterocycles. The summed E-state index contributed by atoms with van der Waals surface area (Å²) in [5.41, 5.74) is 1.30. The van der Waals surface area contributed by atoms with Crippen LogP contribution >= 0.6 is 15.9 Å². The van der Waals surface area contributed by atoms with Gasteiger partial charge in [0.05, 0.1) is 9.86 Å². The van der Waals surface area contributed by atoms with Gasteiger partial charge in [0.1, 0.15) is 0 Å². The van der Waals surface area contributed by atoms with Crippen LogP contribution in [0.4, 0.5) is 0 Å². The zero-order chi connectivity index (χ0) is 7.28. The Morgan fingerprint density at radius 3 is 1.78 bits per heavy atom. The summed E-state index contributed by atoms with van der Waals surface area (Å²) in [5, 5.41) is 0. The molecular weight excluding hydrogens is 178 g/mol. The standard InChI is InChI=1S/C7H12BrN/c1-5-7(4,8)6(2,3)9-5/h1-4H3. The second-order valence-corrected chi connectivity index (χ2v) is 4.85. The Morgan fingerprint density at radius 2 is 1.78 bits per heavy atom. The van der Waals surface area contributed by atoms with E-state index in [0.29, 0.717) is 0 Å². The molecule has 0 aliphatic carbocycles. The SMILES string of the molecule is CC1=NC(C)(C)C1(C)Br. The molecule has 0 N–H and O–H groups in total. The highest BCUT2D eigenvalue weighted by molar-refractivity contribution is 9.10. The van der Waals surface area contributed by atoms with E-state index in [2.05, 4.69) is 48.6 Å². The summed E-state index contributed by atoms with van der Waals surface area (Å²) in [6, 6.07) is 0. The fourth-order valence-electron chi connectivity index (χ4n) is 1.02. The average Bonchev–Trinajstić information content (AvgIpc) is 1.65. The zero-order valence-corrected chi connectivity index (χ0v) is 7.91. The van der Waals surface area contributed by atoms with Crippen molar-refractivity contribution in [1.82, 2.24) is 0 Å². The van der Waals surface area contributed by atoms with Crippen molar-refractivity contribution < 1.29 is 0 Å². The highest BCUT2D eigenvalue weighted by atomic mass is 79.9. The number of rotatable bonds is 0. The Hall–Kier alpha value is 0.150. The molecule has 0 fully saturated rings. The summed E-state index contributed by atoms with van der Waals surface area (Å²) in [4.78, 5) is 4.38. The van der Waals surface area contributed by atoms with Gasteiger partial charge in [-0.15, -0.1) is 0 Å². The molecule has 52 valence electrons. The monoisotopic (exact) mass is 189 g/mol. The smallest absolute Gasteiger partial charge is 0.0848 e. The Kier molecular flexibility index (Phi) is 1.29. The minimum atomic E-state index is 0.0943. The molecule has 0 saturated heterocycles. The molecule has 1 aliphatic rings. The van der Waals surface area contributed by atoms with Crippen molar-refractivity contribution in [3.05, 3.63) is 0 Å². The lowest BCUT2D eigenvalue weighted by molar-refractivity contribution is 0.422. The first kappa shape index (κ1) is 7.26. The van der Waals surface area contributed by atoms with Crippen molar-refractivity contribution in [3.63, 3.8) is 0 Å². The number of aliphatic imine (C=N–C) groups is 1. The first-order valence-corrected chi connectivity index (χ1v) is 3.93. The van der Waals surface area contributed by atoms with Crippen LogP contribution in [0.3, 0.4) is 0 Å². The summed E-state index contributed by atoms with van der Waals surface area (Å²) in [6.07, 6.45) is 0. The first-order chi connectivity index (χ1) is 3.88. The van der Waals surface area contributed by atoms with Gasteiger partial charge in [0.15, 0.2) is 0 Å². The van der Waals surface area contributed by atoms with Crippen LogP contribution in [0.15, 0.2) is 4.99 Å². The maximum absolute atomic E-state index is 4.38. The average molecular weight is 190 g/mol. The maximum atomic E-state index is 4.38. The molecule has 0 spiro atoms. The zero-order valence-electron chi connectivity index (χ0n) is 6.33. The summed E-state index contributed by atoms with van der Waals surface area (Å²) in [6.45, 7) is 8.48. The lowest BCUT2D eigenvalue weighted by Crippen LogP contribution is -2.55. The minimum absolute atomic E-state index is 0.0943. The molecular formula is C7H12BrN. The van der Waals surface area contributed by atoms with Crippen LogP contribution in [0.5, 0.6) is 0 Å². The van der Waals surface area contributed by atoms with Crippen molar-refractivity contribution in [2.75, 3.05) is 0 Å². The molecule has 9 heavy (non-hydrogen) atoms. The van der Waals surface area contributed by atoms with Crippen LogP contribution in [-0.2, 0) is 0 Å². The van der Waals surface area contributed by atoms with Gasteiger partial charge in [-0.25, -0.2) is 0 Å². The molecule has 0 aromatic carbocycles. The molecule has 0 amide bonds. The molecule has 1 unspecified atom stereocenters. The van der Waals surface area contributed by atoms with E-state index in [1.165, 1.54) is 5.71 Å². The van der Waals surface area contributed by atoms with E-state index in [1.807, 2.05) is 0 Å². The summed E-state index contributed by atoms with van der Waals surface area (Å²) in [5.74, 6) is 0. The molecule has 0 aromatic heterocycles. The van der Waals surface area contributed by atoms with Crippen LogP contribution in [-0.4, -0.2) is 15.6 Å². The van der Waals surface area contributed by atoms with E-state index in [9.17, 15) is 0 Å². The number of halogens is 1. The third-order valence-corrected chi connectivity index (χ3v) is 3.82. The third kappa shape index (κ3) is 0.759. The first-order valence-electron chi connectivity index (χ1n) is 3.14. The van der Waals surface area contributed by atoms with E-state index in [4.69, 9.17) is 0 Å².